The normalized spacial score (nSPS) is 12.8. The zero-order valence-electron chi connectivity index (χ0n) is 27.0. The second-order valence-electron chi connectivity index (χ2n) is 12.1. The molecule has 2 aromatic heterocycles. The third kappa shape index (κ3) is 13.2. The largest absolute Gasteiger partial charge is 0.480 e. The van der Waals surface area contributed by atoms with Crippen molar-refractivity contribution in [3.8, 4) is 0 Å². The van der Waals surface area contributed by atoms with E-state index in [0.717, 1.165) is 37.1 Å². The molecule has 42 heavy (non-hydrogen) atoms. The van der Waals surface area contributed by atoms with E-state index in [4.69, 9.17) is 4.74 Å². The lowest BCUT2D eigenvalue weighted by molar-refractivity contribution is -0.147. The molecule has 0 spiro atoms. The van der Waals surface area contributed by atoms with Crippen molar-refractivity contribution in [3.05, 3.63) is 68.5 Å². The zero-order valence-corrected chi connectivity index (χ0v) is 27.0. The number of pyridine rings is 2. The lowest BCUT2D eigenvalue weighted by atomic mass is 10.0. The van der Waals surface area contributed by atoms with Gasteiger partial charge in [-0.15, -0.1) is 0 Å². The summed E-state index contributed by atoms with van der Waals surface area (Å²) in [5.41, 5.74) is 1.61. The van der Waals surface area contributed by atoms with Crippen molar-refractivity contribution >= 4 is 11.9 Å². The molecule has 2 atom stereocenters. The molecule has 0 aliphatic rings. The number of aliphatic carboxylic acids is 1. The summed E-state index contributed by atoms with van der Waals surface area (Å²) in [6.45, 7) is 11.8. The van der Waals surface area contributed by atoms with E-state index in [1.165, 1.54) is 21.3 Å². The predicted octanol–water partition coefficient (Wildman–Crippen LogP) is 3.73. The molecule has 0 amide bonds. The van der Waals surface area contributed by atoms with E-state index in [1.54, 1.807) is 25.4 Å². The van der Waals surface area contributed by atoms with Crippen molar-refractivity contribution in [1.82, 2.24) is 18.9 Å². The summed E-state index contributed by atoms with van der Waals surface area (Å²) in [4.78, 5) is 51.9. The lowest BCUT2D eigenvalue weighted by Crippen LogP contribution is -2.32. The molecule has 0 bridgehead atoms. The fourth-order valence-corrected chi connectivity index (χ4v) is 4.38. The zero-order chi connectivity index (χ0) is 32.0. The summed E-state index contributed by atoms with van der Waals surface area (Å²) in [7, 11) is 7.98. The van der Waals surface area contributed by atoms with Crippen LogP contribution in [0.2, 0.25) is 0 Å². The Hall–Kier alpha value is -3.24. The second kappa shape index (κ2) is 18.3. The maximum Gasteiger partial charge on any atom is 0.329 e. The van der Waals surface area contributed by atoms with Crippen molar-refractivity contribution in [2.45, 2.75) is 72.4 Å². The summed E-state index contributed by atoms with van der Waals surface area (Å²) in [6.07, 6.45) is 6.16. The number of likely N-dealkylation sites (N-methyl/N-ethyl adjacent to an activating group) is 2. The van der Waals surface area contributed by atoms with Gasteiger partial charge in [0.2, 0.25) is 0 Å². The van der Waals surface area contributed by atoms with Crippen LogP contribution in [0.1, 0.15) is 70.7 Å². The van der Waals surface area contributed by atoms with Gasteiger partial charge in [-0.2, -0.15) is 0 Å². The van der Waals surface area contributed by atoms with Gasteiger partial charge in [0.15, 0.2) is 0 Å². The average Bonchev–Trinajstić information content (AvgIpc) is 2.89. The Morgan fingerprint density at radius 2 is 1.17 bits per heavy atom. The third-order valence-corrected chi connectivity index (χ3v) is 6.60. The van der Waals surface area contributed by atoms with Gasteiger partial charge in [-0.05, 0) is 83.8 Å². The van der Waals surface area contributed by atoms with Crippen LogP contribution in [-0.4, -0.2) is 83.9 Å². The number of carboxylic acid groups (broad SMARTS) is 1. The van der Waals surface area contributed by atoms with Crippen LogP contribution < -0.4 is 11.1 Å². The van der Waals surface area contributed by atoms with Crippen molar-refractivity contribution in [2.24, 2.45) is 11.8 Å². The maximum absolute atomic E-state index is 12.2. The Morgan fingerprint density at radius 1 is 0.762 bits per heavy atom. The predicted molar refractivity (Wildman–Crippen MR) is 167 cm³/mol. The Balaban J connectivity index is 0.000000422. The molecule has 236 valence electrons. The minimum Gasteiger partial charge on any atom is -0.480 e. The molecule has 0 aromatic carbocycles. The minimum atomic E-state index is -0.953. The molecule has 0 saturated heterocycles. The molecule has 2 aromatic rings. The molecule has 2 unspecified atom stereocenters. The highest BCUT2D eigenvalue weighted by molar-refractivity contribution is 5.74. The van der Waals surface area contributed by atoms with Crippen LogP contribution in [0.4, 0.5) is 0 Å². The number of aromatic nitrogens is 2. The standard InChI is InChI=1S/C17H28N2O3.C15H24N2O3/c1-6-22-17(21)15(11-13(2)3)19-12-14(7-8-16(19)20)9-10-18(4)5;1-11(2)9-13(15(19)20)17-10-12(5-6-14(17)18)7-8-16(3)4/h7-8,12-13,15H,6,9-11H2,1-5H3;5-6,10-11,13H,7-9H2,1-4H3,(H,19,20). The van der Waals surface area contributed by atoms with Gasteiger partial charge in [-0.3, -0.25) is 9.59 Å². The molecular formula is C32H52N4O6. The highest BCUT2D eigenvalue weighted by Crippen LogP contribution is 2.19. The van der Waals surface area contributed by atoms with Gasteiger partial charge in [0.05, 0.1) is 6.61 Å². The monoisotopic (exact) mass is 588 g/mol. The van der Waals surface area contributed by atoms with Gasteiger partial charge in [0.25, 0.3) is 11.1 Å². The topological polar surface area (TPSA) is 114 Å². The smallest absolute Gasteiger partial charge is 0.329 e. The first-order chi connectivity index (χ1) is 19.7. The number of rotatable bonds is 15. The molecule has 1 N–H and O–H groups in total. The van der Waals surface area contributed by atoms with Crippen LogP contribution in [-0.2, 0) is 27.2 Å². The van der Waals surface area contributed by atoms with Crippen molar-refractivity contribution in [3.63, 3.8) is 0 Å². The highest BCUT2D eigenvalue weighted by Gasteiger charge is 2.24. The third-order valence-electron chi connectivity index (χ3n) is 6.60. The SMILES string of the molecule is CC(C)CC(C(=O)O)n1cc(CCN(C)C)ccc1=O.CCOC(=O)C(CC(C)C)n1cc(CCN(C)C)ccc1=O. The molecule has 2 heterocycles. The first kappa shape index (κ1) is 36.8. The molecule has 0 saturated carbocycles. The molecule has 10 nitrogen and oxygen atoms in total. The number of hydrogen-bond donors (Lipinski definition) is 1. The summed E-state index contributed by atoms with van der Waals surface area (Å²) >= 11 is 0. The summed E-state index contributed by atoms with van der Waals surface area (Å²) < 4.78 is 8.03. The summed E-state index contributed by atoms with van der Waals surface area (Å²) in [5, 5.41) is 9.34. The van der Waals surface area contributed by atoms with Crippen LogP contribution in [0.25, 0.3) is 0 Å². The number of esters is 1. The number of carbonyl (C=O) groups is 2. The van der Waals surface area contributed by atoms with E-state index in [0.29, 0.717) is 25.4 Å². The first-order valence-corrected chi connectivity index (χ1v) is 14.8. The fraction of sp³-hybridized carbons (Fsp3) is 0.625. The van der Waals surface area contributed by atoms with Gasteiger partial charge in [-0.25, -0.2) is 9.59 Å². The Labute approximate surface area is 250 Å². The lowest BCUT2D eigenvalue weighted by Gasteiger charge is -2.21. The summed E-state index contributed by atoms with van der Waals surface area (Å²) in [6, 6.07) is 5.27. The van der Waals surface area contributed by atoms with Crippen LogP contribution >= 0.6 is 0 Å². The van der Waals surface area contributed by atoms with Crippen LogP contribution in [0, 0.1) is 11.8 Å². The summed E-state index contributed by atoms with van der Waals surface area (Å²) in [5.74, 6) is -0.770. The molecule has 0 radical (unpaired) electrons. The molecule has 2 rings (SSSR count). The quantitative estimate of drug-likeness (QED) is 0.313. The van der Waals surface area contributed by atoms with Crippen molar-refractivity contribution in [2.75, 3.05) is 47.9 Å². The number of nitrogens with zero attached hydrogens (tertiary/aromatic N) is 4. The van der Waals surface area contributed by atoms with Crippen LogP contribution in [0.3, 0.4) is 0 Å². The van der Waals surface area contributed by atoms with Gasteiger partial charge in [0, 0.05) is 37.6 Å². The maximum atomic E-state index is 12.2. The first-order valence-electron chi connectivity index (χ1n) is 14.8. The molecule has 10 heteroatoms. The van der Waals surface area contributed by atoms with Gasteiger partial charge in [0.1, 0.15) is 12.1 Å². The Bertz CT molecular complexity index is 1230. The average molecular weight is 589 g/mol. The fourth-order valence-electron chi connectivity index (χ4n) is 4.38. The van der Waals surface area contributed by atoms with Crippen LogP contribution in [0.15, 0.2) is 46.2 Å². The van der Waals surface area contributed by atoms with E-state index in [-0.39, 0.29) is 23.0 Å². The number of carboxylic acids is 1. The van der Waals surface area contributed by atoms with Gasteiger partial charge < -0.3 is 28.8 Å². The minimum absolute atomic E-state index is 0.160. The number of carbonyl (C=O) groups excluding carboxylic acids is 1. The molecule has 0 aliphatic carbocycles. The highest BCUT2D eigenvalue weighted by atomic mass is 16.5. The number of hydrogen-bond acceptors (Lipinski definition) is 7. The van der Waals surface area contributed by atoms with E-state index in [2.05, 4.69) is 9.80 Å². The van der Waals surface area contributed by atoms with E-state index in [1.807, 2.05) is 62.0 Å². The Kier molecular flexibility index (Phi) is 16.1. The van der Waals surface area contributed by atoms with Crippen molar-refractivity contribution < 1.29 is 19.4 Å². The van der Waals surface area contributed by atoms with Gasteiger partial charge in [-0.1, -0.05) is 39.8 Å². The molecular weight excluding hydrogens is 536 g/mol. The van der Waals surface area contributed by atoms with Crippen molar-refractivity contribution in [1.29, 1.82) is 0 Å². The second-order valence-corrected chi connectivity index (χ2v) is 12.1. The number of ether oxygens (including phenoxy) is 1. The van der Waals surface area contributed by atoms with E-state index in [9.17, 15) is 24.3 Å². The van der Waals surface area contributed by atoms with Crippen LogP contribution in [0.5, 0.6) is 0 Å². The van der Waals surface area contributed by atoms with Gasteiger partial charge >= 0.3 is 11.9 Å². The molecule has 0 aliphatic heterocycles. The van der Waals surface area contributed by atoms with E-state index < -0.39 is 18.1 Å². The molecule has 0 fully saturated rings. The Morgan fingerprint density at radius 3 is 1.52 bits per heavy atom. The van der Waals surface area contributed by atoms with E-state index >= 15 is 0 Å².